The molecule has 2 aromatic rings. The largest absolute Gasteiger partial charge is 0.483 e. The summed E-state index contributed by atoms with van der Waals surface area (Å²) in [4.78, 5) is 12.0. The molecule has 1 amide bonds. The Kier molecular flexibility index (Phi) is 7.84. The third-order valence-electron chi connectivity index (χ3n) is 3.90. The highest BCUT2D eigenvalue weighted by Gasteiger charge is 2.20. The summed E-state index contributed by atoms with van der Waals surface area (Å²) in [6, 6.07) is 5.95. The number of hydrogen-bond acceptors (Lipinski definition) is 5. The van der Waals surface area contributed by atoms with E-state index in [2.05, 4.69) is 22.1 Å². The Morgan fingerprint density at radius 1 is 1.37 bits per heavy atom. The summed E-state index contributed by atoms with van der Waals surface area (Å²) in [5.74, 6) is 1.05. The van der Waals surface area contributed by atoms with Crippen LogP contribution >= 0.6 is 11.8 Å². The molecular weight excluding hydrogens is 367 g/mol. The van der Waals surface area contributed by atoms with Crippen LogP contribution in [0.15, 0.2) is 42.1 Å². The van der Waals surface area contributed by atoms with E-state index in [1.165, 1.54) is 23.9 Å². The molecule has 0 aliphatic carbocycles. The minimum Gasteiger partial charge on any atom is -0.483 e. The maximum atomic E-state index is 13.0. The summed E-state index contributed by atoms with van der Waals surface area (Å²) < 4.78 is 20.7. The average Bonchev–Trinajstić information content (AvgIpc) is 3.05. The first-order valence-corrected chi connectivity index (χ1v) is 9.81. The molecule has 146 valence electrons. The van der Waals surface area contributed by atoms with Crippen molar-refractivity contribution in [3.8, 4) is 5.75 Å². The first kappa shape index (κ1) is 21.0. The second-order valence-corrected chi connectivity index (χ2v) is 7.06. The van der Waals surface area contributed by atoms with Crippen molar-refractivity contribution in [3.05, 3.63) is 48.6 Å². The molecule has 0 aliphatic rings. The monoisotopic (exact) mass is 392 g/mol. The Morgan fingerprint density at radius 2 is 2.07 bits per heavy atom. The number of allylic oxidation sites excluding steroid dienone is 1. The van der Waals surface area contributed by atoms with Gasteiger partial charge < -0.3 is 10.1 Å². The fraction of sp³-hybridized carbons (Fsp3) is 0.421. The number of amides is 1. The van der Waals surface area contributed by atoms with Gasteiger partial charge in [0, 0.05) is 12.6 Å². The van der Waals surface area contributed by atoms with E-state index in [1.54, 1.807) is 18.2 Å². The zero-order valence-corrected chi connectivity index (χ0v) is 16.6. The van der Waals surface area contributed by atoms with Gasteiger partial charge in [-0.25, -0.2) is 4.39 Å². The van der Waals surface area contributed by atoms with Crippen LogP contribution in [0.5, 0.6) is 5.75 Å². The third kappa shape index (κ3) is 6.09. The fourth-order valence-corrected chi connectivity index (χ4v) is 3.09. The van der Waals surface area contributed by atoms with E-state index in [-0.39, 0.29) is 23.5 Å². The predicted octanol–water partition coefficient (Wildman–Crippen LogP) is 3.75. The summed E-state index contributed by atoms with van der Waals surface area (Å²) in [6.45, 7) is 10.1. The number of halogens is 1. The maximum Gasteiger partial charge on any atom is 0.230 e. The van der Waals surface area contributed by atoms with Crippen LogP contribution in [0.1, 0.15) is 39.1 Å². The molecule has 0 aliphatic heterocycles. The number of nitrogens with zero attached hydrogens (tertiary/aromatic N) is 3. The maximum absolute atomic E-state index is 13.0. The van der Waals surface area contributed by atoms with Gasteiger partial charge in [0.2, 0.25) is 5.91 Å². The van der Waals surface area contributed by atoms with E-state index in [0.29, 0.717) is 23.3 Å². The molecule has 8 heteroatoms. The first-order chi connectivity index (χ1) is 12.9. The van der Waals surface area contributed by atoms with E-state index in [4.69, 9.17) is 4.74 Å². The molecule has 0 spiro atoms. The molecule has 1 N–H and O–H groups in total. The van der Waals surface area contributed by atoms with Crippen LogP contribution in [0.2, 0.25) is 0 Å². The number of nitrogens with one attached hydrogen (secondary N) is 1. The fourth-order valence-electron chi connectivity index (χ4n) is 2.33. The third-order valence-corrected chi connectivity index (χ3v) is 4.87. The molecule has 1 aromatic heterocycles. The van der Waals surface area contributed by atoms with Crippen molar-refractivity contribution in [1.82, 2.24) is 20.1 Å². The Labute approximate surface area is 163 Å². The van der Waals surface area contributed by atoms with Gasteiger partial charge in [-0.05, 0) is 44.5 Å². The molecule has 0 radical (unpaired) electrons. The highest BCUT2D eigenvalue weighted by atomic mass is 32.2. The lowest BCUT2D eigenvalue weighted by molar-refractivity contribution is -0.119. The Balaban J connectivity index is 2.07. The van der Waals surface area contributed by atoms with Crippen molar-refractivity contribution in [2.45, 2.75) is 51.0 Å². The smallest absolute Gasteiger partial charge is 0.230 e. The van der Waals surface area contributed by atoms with Gasteiger partial charge in [0.15, 0.2) is 17.1 Å². The average molecular weight is 393 g/mol. The summed E-state index contributed by atoms with van der Waals surface area (Å²) in [5, 5.41) is 12.0. The van der Waals surface area contributed by atoms with Crippen LogP contribution in [0.25, 0.3) is 0 Å². The molecule has 0 saturated carbocycles. The quantitative estimate of drug-likeness (QED) is 0.493. The van der Waals surface area contributed by atoms with E-state index in [1.807, 2.05) is 25.3 Å². The van der Waals surface area contributed by atoms with Gasteiger partial charge in [0.05, 0.1) is 5.75 Å². The van der Waals surface area contributed by atoms with Crippen molar-refractivity contribution < 1.29 is 13.9 Å². The summed E-state index contributed by atoms with van der Waals surface area (Å²) >= 11 is 1.32. The topological polar surface area (TPSA) is 69.0 Å². The Morgan fingerprint density at radius 3 is 2.70 bits per heavy atom. The molecule has 2 atom stereocenters. The number of carbonyl (C=O) groups is 1. The molecule has 0 fully saturated rings. The molecule has 2 rings (SSSR count). The predicted molar refractivity (Wildman–Crippen MR) is 104 cm³/mol. The number of benzene rings is 1. The second-order valence-electron chi connectivity index (χ2n) is 6.12. The van der Waals surface area contributed by atoms with Crippen molar-refractivity contribution in [1.29, 1.82) is 0 Å². The van der Waals surface area contributed by atoms with Crippen molar-refractivity contribution in [2.24, 2.45) is 0 Å². The molecule has 6 nitrogen and oxygen atoms in total. The highest BCUT2D eigenvalue weighted by Crippen LogP contribution is 2.24. The van der Waals surface area contributed by atoms with Crippen LogP contribution in [-0.2, 0) is 11.3 Å². The highest BCUT2D eigenvalue weighted by molar-refractivity contribution is 7.99. The molecule has 1 aromatic carbocycles. The lowest BCUT2D eigenvalue weighted by atomic mass is 10.3. The lowest BCUT2D eigenvalue weighted by Gasteiger charge is -2.16. The van der Waals surface area contributed by atoms with Crippen LogP contribution in [0.3, 0.4) is 0 Å². The Hall–Kier alpha value is -2.35. The minimum absolute atomic E-state index is 0.0420. The summed E-state index contributed by atoms with van der Waals surface area (Å²) in [6.07, 6.45) is 2.22. The number of aromatic nitrogens is 3. The number of ether oxygens (including phenoxy) is 1. The van der Waals surface area contributed by atoms with E-state index >= 15 is 0 Å². The van der Waals surface area contributed by atoms with Crippen molar-refractivity contribution in [2.75, 3.05) is 5.75 Å². The summed E-state index contributed by atoms with van der Waals surface area (Å²) in [5.41, 5.74) is 0. The van der Waals surface area contributed by atoms with E-state index in [0.717, 1.165) is 6.42 Å². The molecule has 0 saturated heterocycles. The molecular formula is C19H25FN4O2S. The van der Waals surface area contributed by atoms with Crippen LogP contribution < -0.4 is 10.1 Å². The number of thioether (sulfide) groups is 1. The lowest BCUT2D eigenvalue weighted by Crippen LogP contribution is -2.33. The van der Waals surface area contributed by atoms with E-state index in [9.17, 15) is 9.18 Å². The van der Waals surface area contributed by atoms with Gasteiger partial charge in [-0.15, -0.1) is 16.8 Å². The molecule has 27 heavy (non-hydrogen) atoms. The van der Waals surface area contributed by atoms with Gasteiger partial charge in [0.25, 0.3) is 0 Å². The molecule has 0 bridgehead atoms. The van der Waals surface area contributed by atoms with Gasteiger partial charge in [-0.1, -0.05) is 24.8 Å². The molecule has 2 unspecified atom stereocenters. The van der Waals surface area contributed by atoms with Crippen molar-refractivity contribution >= 4 is 17.7 Å². The standard InChI is InChI=1S/C19H25FN4O2S/c1-5-11-24-18(14(4)26-16-9-7-15(20)8-10-16)22-23-19(24)27-12-17(25)21-13(3)6-2/h5,7-10,13-14H,1,6,11-12H2,2-4H3,(H,21,25). The van der Waals surface area contributed by atoms with Gasteiger partial charge >= 0.3 is 0 Å². The Bertz CT molecular complexity index is 764. The number of rotatable bonds is 10. The van der Waals surface area contributed by atoms with Gasteiger partial charge in [-0.3, -0.25) is 9.36 Å². The van der Waals surface area contributed by atoms with Gasteiger partial charge in [0.1, 0.15) is 11.6 Å². The zero-order chi connectivity index (χ0) is 19.8. The van der Waals surface area contributed by atoms with Crippen LogP contribution in [0.4, 0.5) is 4.39 Å². The second kappa shape index (κ2) is 10.1. The zero-order valence-electron chi connectivity index (χ0n) is 15.8. The van der Waals surface area contributed by atoms with Crippen LogP contribution in [-0.4, -0.2) is 32.5 Å². The first-order valence-electron chi connectivity index (χ1n) is 8.83. The van der Waals surface area contributed by atoms with Gasteiger partial charge in [-0.2, -0.15) is 0 Å². The van der Waals surface area contributed by atoms with Crippen molar-refractivity contribution in [3.63, 3.8) is 0 Å². The van der Waals surface area contributed by atoms with E-state index < -0.39 is 6.10 Å². The molecule has 1 heterocycles. The number of carbonyl (C=O) groups excluding carboxylic acids is 1. The normalized spacial score (nSPS) is 13.0. The number of hydrogen-bond donors (Lipinski definition) is 1. The van der Waals surface area contributed by atoms with Crippen LogP contribution in [0, 0.1) is 5.82 Å². The SMILES string of the molecule is C=CCn1c(SCC(=O)NC(C)CC)nnc1C(C)Oc1ccc(F)cc1. The summed E-state index contributed by atoms with van der Waals surface area (Å²) in [7, 11) is 0. The minimum atomic E-state index is -0.397.